The standard InChI is InChI=1S/C19H24FNO3S/c1-4-7-15-10-12-16(13-11-15)25(22,23)21-14-19(2,24-3)17-8-5-6-9-18(17)20/h5-6,8-13,21H,4,7,14H2,1-3H3. The van der Waals surface area contributed by atoms with Gasteiger partial charge in [0.05, 0.1) is 4.90 Å². The van der Waals surface area contributed by atoms with Crippen molar-refractivity contribution in [3.05, 3.63) is 65.5 Å². The molecule has 1 N–H and O–H groups in total. The van der Waals surface area contributed by atoms with Crippen molar-refractivity contribution >= 4 is 10.0 Å². The van der Waals surface area contributed by atoms with Gasteiger partial charge in [-0.25, -0.2) is 17.5 Å². The van der Waals surface area contributed by atoms with Gasteiger partial charge in [-0.1, -0.05) is 43.7 Å². The van der Waals surface area contributed by atoms with Crippen LogP contribution in [0.5, 0.6) is 0 Å². The van der Waals surface area contributed by atoms with Crippen molar-refractivity contribution in [3.63, 3.8) is 0 Å². The lowest BCUT2D eigenvalue weighted by molar-refractivity contribution is 0.00410. The molecule has 136 valence electrons. The first kappa shape index (κ1) is 19.6. The van der Waals surface area contributed by atoms with Gasteiger partial charge in [0.25, 0.3) is 0 Å². The highest BCUT2D eigenvalue weighted by Crippen LogP contribution is 2.27. The fraction of sp³-hybridized carbons (Fsp3) is 0.368. The molecule has 0 aliphatic rings. The molecular formula is C19H24FNO3S. The highest BCUT2D eigenvalue weighted by atomic mass is 32.2. The van der Waals surface area contributed by atoms with Gasteiger partial charge in [0, 0.05) is 19.2 Å². The van der Waals surface area contributed by atoms with Crippen molar-refractivity contribution < 1.29 is 17.5 Å². The Kier molecular flexibility index (Phi) is 6.32. The molecule has 2 rings (SSSR count). The largest absolute Gasteiger partial charge is 0.372 e. The summed E-state index contributed by atoms with van der Waals surface area (Å²) in [6, 6.07) is 13.0. The summed E-state index contributed by atoms with van der Waals surface area (Å²) in [6.45, 7) is 3.64. The Labute approximate surface area is 149 Å². The molecule has 0 aromatic heterocycles. The minimum Gasteiger partial charge on any atom is -0.372 e. The lowest BCUT2D eigenvalue weighted by Crippen LogP contribution is -2.40. The van der Waals surface area contributed by atoms with E-state index >= 15 is 0 Å². The molecular weight excluding hydrogens is 341 g/mol. The van der Waals surface area contributed by atoms with Crippen LogP contribution < -0.4 is 4.72 Å². The lowest BCUT2D eigenvalue weighted by Gasteiger charge is -2.29. The van der Waals surface area contributed by atoms with E-state index in [0.717, 1.165) is 18.4 Å². The molecule has 25 heavy (non-hydrogen) atoms. The number of ether oxygens (including phenoxy) is 1. The summed E-state index contributed by atoms with van der Waals surface area (Å²) in [7, 11) is -2.28. The van der Waals surface area contributed by atoms with E-state index in [4.69, 9.17) is 4.74 Å². The molecule has 0 aliphatic heterocycles. The number of methoxy groups -OCH3 is 1. The van der Waals surface area contributed by atoms with Gasteiger partial charge in [0.1, 0.15) is 11.4 Å². The van der Waals surface area contributed by atoms with Crippen molar-refractivity contribution in [2.75, 3.05) is 13.7 Å². The zero-order valence-corrected chi connectivity index (χ0v) is 15.6. The summed E-state index contributed by atoms with van der Waals surface area (Å²) >= 11 is 0. The minimum absolute atomic E-state index is 0.0799. The molecule has 0 spiro atoms. The van der Waals surface area contributed by atoms with E-state index in [2.05, 4.69) is 11.6 Å². The zero-order chi connectivity index (χ0) is 18.5. The summed E-state index contributed by atoms with van der Waals surface area (Å²) in [4.78, 5) is 0.180. The number of sulfonamides is 1. The molecule has 2 aromatic carbocycles. The first-order valence-electron chi connectivity index (χ1n) is 8.21. The maximum absolute atomic E-state index is 14.1. The lowest BCUT2D eigenvalue weighted by atomic mass is 9.95. The van der Waals surface area contributed by atoms with Crippen molar-refractivity contribution in [3.8, 4) is 0 Å². The average molecular weight is 365 g/mol. The second-order valence-corrected chi connectivity index (χ2v) is 7.90. The highest BCUT2D eigenvalue weighted by Gasteiger charge is 2.31. The van der Waals surface area contributed by atoms with Crippen LogP contribution in [0, 0.1) is 5.82 Å². The van der Waals surface area contributed by atoms with Gasteiger partial charge < -0.3 is 4.74 Å². The van der Waals surface area contributed by atoms with Crippen LogP contribution in [0.3, 0.4) is 0 Å². The van der Waals surface area contributed by atoms with Crippen molar-refractivity contribution in [1.82, 2.24) is 4.72 Å². The monoisotopic (exact) mass is 365 g/mol. The first-order chi connectivity index (χ1) is 11.8. The Morgan fingerprint density at radius 2 is 1.76 bits per heavy atom. The molecule has 0 heterocycles. The highest BCUT2D eigenvalue weighted by molar-refractivity contribution is 7.89. The summed E-state index contributed by atoms with van der Waals surface area (Å²) < 4.78 is 47.1. The normalized spacial score (nSPS) is 14.2. The summed E-state index contributed by atoms with van der Waals surface area (Å²) in [5, 5.41) is 0. The number of nitrogens with one attached hydrogen (secondary N) is 1. The van der Waals surface area contributed by atoms with Gasteiger partial charge in [-0.15, -0.1) is 0 Å². The SMILES string of the molecule is CCCc1ccc(S(=O)(=O)NCC(C)(OC)c2ccccc2F)cc1. The molecule has 2 aromatic rings. The number of halogens is 1. The van der Waals surface area contributed by atoms with Crippen LogP contribution in [0.15, 0.2) is 53.4 Å². The Morgan fingerprint density at radius 3 is 2.32 bits per heavy atom. The van der Waals surface area contributed by atoms with E-state index in [-0.39, 0.29) is 11.4 Å². The van der Waals surface area contributed by atoms with Crippen LogP contribution in [0.4, 0.5) is 4.39 Å². The first-order valence-corrected chi connectivity index (χ1v) is 9.69. The van der Waals surface area contributed by atoms with E-state index in [1.54, 1.807) is 37.3 Å². The van der Waals surface area contributed by atoms with E-state index < -0.39 is 21.4 Å². The van der Waals surface area contributed by atoms with Gasteiger partial charge in [-0.05, 0) is 37.1 Å². The van der Waals surface area contributed by atoms with Crippen LogP contribution in [0.1, 0.15) is 31.4 Å². The van der Waals surface area contributed by atoms with Crippen LogP contribution in [0.25, 0.3) is 0 Å². The second kappa shape index (κ2) is 8.08. The van der Waals surface area contributed by atoms with E-state index in [9.17, 15) is 12.8 Å². The number of hydrogen-bond acceptors (Lipinski definition) is 3. The molecule has 0 radical (unpaired) electrons. The second-order valence-electron chi connectivity index (χ2n) is 6.13. The van der Waals surface area contributed by atoms with Crippen LogP contribution in [0.2, 0.25) is 0 Å². The molecule has 0 amide bonds. The van der Waals surface area contributed by atoms with E-state index in [1.165, 1.54) is 13.2 Å². The predicted molar refractivity (Wildman–Crippen MR) is 96.4 cm³/mol. The summed E-state index contributed by atoms with van der Waals surface area (Å²) in [5.74, 6) is -0.435. The third kappa shape index (κ3) is 4.66. The number of aryl methyl sites for hydroxylation is 1. The molecule has 1 unspecified atom stereocenters. The zero-order valence-electron chi connectivity index (χ0n) is 14.8. The average Bonchev–Trinajstić information content (AvgIpc) is 2.61. The van der Waals surface area contributed by atoms with Gasteiger partial charge in [-0.3, -0.25) is 0 Å². The fourth-order valence-electron chi connectivity index (χ4n) is 2.61. The summed E-state index contributed by atoms with van der Waals surface area (Å²) in [6.07, 6.45) is 1.90. The Bertz CT molecular complexity index is 806. The van der Waals surface area contributed by atoms with Crippen molar-refractivity contribution in [2.45, 2.75) is 37.2 Å². The Morgan fingerprint density at radius 1 is 1.12 bits per heavy atom. The van der Waals surface area contributed by atoms with E-state index in [1.807, 2.05) is 12.1 Å². The van der Waals surface area contributed by atoms with Gasteiger partial charge in [-0.2, -0.15) is 0 Å². The molecule has 1 atom stereocenters. The topological polar surface area (TPSA) is 55.4 Å². The quantitative estimate of drug-likeness (QED) is 0.777. The Balaban J connectivity index is 2.18. The number of hydrogen-bond donors (Lipinski definition) is 1. The van der Waals surface area contributed by atoms with Gasteiger partial charge in [0.2, 0.25) is 10.0 Å². The van der Waals surface area contributed by atoms with Gasteiger partial charge in [0.15, 0.2) is 0 Å². The van der Waals surface area contributed by atoms with E-state index in [0.29, 0.717) is 5.56 Å². The molecule has 0 aliphatic carbocycles. The van der Waals surface area contributed by atoms with Crippen molar-refractivity contribution in [2.24, 2.45) is 0 Å². The Hall–Kier alpha value is -1.76. The third-order valence-corrected chi connectivity index (χ3v) is 5.68. The molecule has 0 bridgehead atoms. The van der Waals surface area contributed by atoms with Crippen LogP contribution in [-0.2, 0) is 26.8 Å². The molecule has 6 heteroatoms. The fourth-order valence-corrected chi connectivity index (χ4v) is 3.73. The third-order valence-electron chi connectivity index (χ3n) is 4.27. The van der Waals surface area contributed by atoms with Crippen LogP contribution in [-0.4, -0.2) is 22.1 Å². The molecule has 0 saturated carbocycles. The van der Waals surface area contributed by atoms with Crippen LogP contribution >= 0.6 is 0 Å². The predicted octanol–water partition coefficient (Wildman–Crippen LogP) is 3.62. The molecule has 4 nitrogen and oxygen atoms in total. The smallest absolute Gasteiger partial charge is 0.240 e. The maximum atomic E-state index is 14.1. The van der Waals surface area contributed by atoms with Crippen molar-refractivity contribution in [1.29, 1.82) is 0 Å². The molecule has 0 fully saturated rings. The minimum atomic E-state index is -3.71. The van der Waals surface area contributed by atoms with Gasteiger partial charge >= 0.3 is 0 Å². The maximum Gasteiger partial charge on any atom is 0.240 e. The number of benzene rings is 2. The number of rotatable bonds is 8. The molecule has 0 saturated heterocycles. The summed E-state index contributed by atoms with van der Waals surface area (Å²) in [5.41, 5.74) is 0.286.